The first-order valence-electron chi connectivity index (χ1n) is 4.93. The quantitative estimate of drug-likeness (QED) is 0.817. The molecule has 1 aromatic rings. The Morgan fingerprint density at radius 2 is 1.88 bits per heavy atom. The van der Waals surface area contributed by atoms with Gasteiger partial charge >= 0.3 is 0 Å². The SMILES string of the molecule is CC(C)(C)c1ccc(CO)cc1S(N)(=O)=O. The summed E-state index contributed by atoms with van der Waals surface area (Å²) in [5.41, 5.74) is 0.889. The second kappa shape index (κ2) is 4.16. The predicted octanol–water partition coefficient (Wildman–Crippen LogP) is 1.12. The number of nitrogens with two attached hydrogens (primary N) is 1. The van der Waals surface area contributed by atoms with Gasteiger partial charge in [-0.1, -0.05) is 32.9 Å². The van der Waals surface area contributed by atoms with Crippen LogP contribution in [0.1, 0.15) is 31.9 Å². The molecule has 0 saturated heterocycles. The van der Waals surface area contributed by atoms with Gasteiger partial charge in [0.25, 0.3) is 0 Å². The monoisotopic (exact) mass is 243 g/mol. The molecule has 0 bridgehead atoms. The molecule has 0 fully saturated rings. The van der Waals surface area contributed by atoms with Crippen molar-refractivity contribution in [2.24, 2.45) is 5.14 Å². The van der Waals surface area contributed by atoms with Crippen LogP contribution in [-0.4, -0.2) is 13.5 Å². The van der Waals surface area contributed by atoms with Crippen molar-refractivity contribution >= 4 is 10.0 Å². The summed E-state index contributed by atoms with van der Waals surface area (Å²) >= 11 is 0. The third-order valence-corrected chi connectivity index (χ3v) is 3.29. The molecule has 0 spiro atoms. The van der Waals surface area contributed by atoms with E-state index in [0.717, 1.165) is 0 Å². The summed E-state index contributed by atoms with van der Waals surface area (Å²) < 4.78 is 22.9. The number of sulfonamides is 1. The Hall–Kier alpha value is -0.910. The second-order valence-electron chi connectivity index (χ2n) is 4.78. The lowest BCUT2D eigenvalue weighted by molar-refractivity contribution is 0.281. The molecule has 0 aliphatic carbocycles. The van der Waals surface area contributed by atoms with E-state index in [4.69, 9.17) is 10.2 Å². The van der Waals surface area contributed by atoms with Gasteiger partial charge in [0.1, 0.15) is 0 Å². The predicted molar refractivity (Wildman–Crippen MR) is 62.4 cm³/mol. The fraction of sp³-hybridized carbons (Fsp3) is 0.455. The summed E-state index contributed by atoms with van der Waals surface area (Å²) in [5.74, 6) is 0. The van der Waals surface area contributed by atoms with Crippen LogP contribution >= 0.6 is 0 Å². The van der Waals surface area contributed by atoms with Crippen molar-refractivity contribution in [3.8, 4) is 0 Å². The molecular weight excluding hydrogens is 226 g/mol. The van der Waals surface area contributed by atoms with Crippen LogP contribution < -0.4 is 5.14 Å². The third kappa shape index (κ3) is 2.81. The summed E-state index contributed by atoms with van der Waals surface area (Å²) in [7, 11) is -3.76. The minimum Gasteiger partial charge on any atom is -0.392 e. The highest BCUT2D eigenvalue weighted by molar-refractivity contribution is 7.89. The molecule has 1 aromatic carbocycles. The molecule has 0 saturated carbocycles. The fourth-order valence-electron chi connectivity index (χ4n) is 1.52. The molecule has 0 unspecified atom stereocenters. The molecule has 0 amide bonds. The van der Waals surface area contributed by atoms with Crippen LogP contribution in [0.25, 0.3) is 0 Å². The Morgan fingerprint density at radius 1 is 1.31 bits per heavy atom. The van der Waals surface area contributed by atoms with E-state index >= 15 is 0 Å². The van der Waals surface area contributed by atoms with Crippen LogP contribution in [-0.2, 0) is 22.0 Å². The van der Waals surface area contributed by atoms with Crippen molar-refractivity contribution in [2.45, 2.75) is 37.7 Å². The van der Waals surface area contributed by atoms with E-state index in [9.17, 15) is 8.42 Å². The van der Waals surface area contributed by atoms with Gasteiger partial charge in [-0.15, -0.1) is 0 Å². The number of rotatable bonds is 2. The standard InChI is InChI=1S/C11H17NO3S/c1-11(2,3)9-5-4-8(7-13)6-10(9)16(12,14)15/h4-6,13H,7H2,1-3H3,(H2,12,14,15). The summed E-state index contributed by atoms with van der Waals surface area (Å²) in [6, 6.07) is 4.83. The first kappa shape index (κ1) is 13.2. The number of hydrogen-bond acceptors (Lipinski definition) is 3. The van der Waals surface area contributed by atoms with Crippen LogP contribution in [0.15, 0.2) is 23.1 Å². The van der Waals surface area contributed by atoms with Gasteiger partial charge in [-0.05, 0) is 22.6 Å². The molecule has 1 rings (SSSR count). The van der Waals surface area contributed by atoms with Gasteiger partial charge in [0.05, 0.1) is 11.5 Å². The zero-order chi connectivity index (χ0) is 12.6. The van der Waals surface area contributed by atoms with E-state index in [1.54, 1.807) is 12.1 Å². The van der Waals surface area contributed by atoms with Crippen molar-refractivity contribution in [1.29, 1.82) is 0 Å². The van der Waals surface area contributed by atoms with Crippen molar-refractivity contribution < 1.29 is 13.5 Å². The van der Waals surface area contributed by atoms with Crippen LogP contribution in [0.2, 0.25) is 0 Å². The molecule has 0 heterocycles. The van der Waals surface area contributed by atoms with Gasteiger partial charge in [0.15, 0.2) is 0 Å². The topological polar surface area (TPSA) is 80.4 Å². The zero-order valence-corrected chi connectivity index (χ0v) is 10.5. The lowest BCUT2D eigenvalue weighted by Crippen LogP contribution is -2.21. The largest absolute Gasteiger partial charge is 0.392 e. The van der Waals surface area contributed by atoms with Gasteiger partial charge in [-0.2, -0.15) is 0 Å². The minimum atomic E-state index is -3.76. The smallest absolute Gasteiger partial charge is 0.238 e. The number of benzene rings is 1. The number of aliphatic hydroxyl groups is 1. The molecule has 0 aromatic heterocycles. The van der Waals surface area contributed by atoms with E-state index in [-0.39, 0.29) is 16.9 Å². The third-order valence-electron chi connectivity index (χ3n) is 2.34. The Kier molecular flexibility index (Phi) is 3.42. The van der Waals surface area contributed by atoms with Gasteiger partial charge in [-0.25, -0.2) is 13.6 Å². The zero-order valence-electron chi connectivity index (χ0n) is 9.69. The highest BCUT2D eigenvalue weighted by Gasteiger charge is 2.23. The van der Waals surface area contributed by atoms with Gasteiger partial charge in [0, 0.05) is 0 Å². The average Bonchev–Trinajstić information content (AvgIpc) is 2.14. The lowest BCUT2D eigenvalue weighted by Gasteiger charge is -2.22. The van der Waals surface area contributed by atoms with E-state index in [0.29, 0.717) is 11.1 Å². The Bertz CT molecular complexity index is 486. The first-order chi connectivity index (χ1) is 7.16. The van der Waals surface area contributed by atoms with Crippen molar-refractivity contribution in [1.82, 2.24) is 0 Å². The highest BCUT2D eigenvalue weighted by Crippen LogP contribution is 2.29. The Balaban J connectivity index is 3.52. The number of primary sulfonamides is 1. The van der Waals surface area contributed by atoms with Crippen LogP contribution in [0, 0.1) is 0 Å². The van der Waals surface area contributed by atoms with Crippen LogP contribution in [0.5, 0.6) is 0 Å². The summed E-state index contributed by atoms with van der Waals surface area (Å²) in [6.45, 7) is 5.54. The molecule has 5 heteroatoms. The van der Waals surface area contributed by atoms with Crippen molar-refractivity contribution in [2.75, 3.05) is 0 Å². The number of aliphatic hydroxyl groups excluding tert-OH is 1. The molecule has 16 heavy (non-hydrogen) atoms. The summed E-state index contributed by atoms with van der Waals surface area (Å²) in [6.07, 6.45) is 0. The average molecular weight is 243 g/mol. The van der Waals surface area contributed by atoms with E-state index in [1.165, 1.54) is 6.07 Å². The molecular formula is C11H17NO3S. The minimum absolute atomic E-state index is 0.0894. The van der Waals surface area contributed by atoms with E-state index < -0.39 is 10.0 Å². The summed E-state index contributed by atoms with van der Waals surface area (Å²) in [5, 5.41) is 14.2. The molecule has 0 aliphatic heterocycles. The maximum atomic E-state index is 11.5. The highest BCUT2D eigenvalue weighted by atomic mass is 32.2. The number of hydrogen-bond donors (Lipinski definition) is 2. The molecule has 0 atom stereocenters. The van der Waals surface area contributed by atoms with Crippen LogP contribution in [0.4, 0.5) is 0 Å². The van der Waals surface area contributed by atoms with E-state index in [1.807, 2.05) is 20.8 Å². The Morgan fingerprint density at radius 3 is 2.25 bits per heavy atom. The normalized spacial score (nSPS) is 12.8. The lowest BCUT2D eigenvalue weighted by atomic mass is 9.86. The molecule has 3 N–H and O–H groups in total. The first-order valence-corrected chi connectivity index (χ1v) is 6.48. The van der Waals surface area contributed by atoms with Crippen molar-refractivity contribution in [3.63, 3.8) is 0 Å². The van der Waals surface area contributed by atoms with Gasteiger partial charge < -0.3 is 5.11 Å². The molecule has 0 radical (unpaired) electrons. The molecule has 0 aliphatic rings. The molecule has 4 nitrogen and oxygen atoms in total. The maximum absolute atomic E-state index is 11.5. The fourth-order valence-corrected chi connectivity index (χ4v) is 2.52. The van der Waals surface area contributed by atoms with Gasteiger partial charge in [-0.3, -0.25) is 0 Å². The molecule has 90 valence electrons. The van der Waals surface area contributed by atoms with Crippen LogP contribution in [0.3, 0.4) is 0 Å². The van der Waals surface area contributed by atoms with Gasteiger partial charge in [0.2, 0.25) is 10.0 Å². The van der Waals surface area contributed by atoms with E-state index in [2.05, 4.69) is 0 Å². The maximum Gasteiger partial charge on any atom is 0.238 e. The Labute approximate surface area is 96.2 Å². The second-order valence-corrected chi connectivity index (χ2v) is 6.31. The summed E-state index contributed by atoms with van der Waals surface area (Å²) in [4.78, 5) is 0.0894. The van der Waals surface area contributed by atoms with Crippen molar-refractivity contribution in [3.05, 3.63) is 29.3 Å².